The van der Waals surface area contributed by atoms with E-state index in [0.29, 0.717) is 17.7 Å². The van der Waals surface area contributed by atoms with E-state index in [9.17, 15) is 10.1 Å². The molecule has 1 aliphatic rings. The molecule has 1 aromatic rings. The van der Waals surface area contributed by atoms with Gasteiger partial charge < -0.3 is 5.32 Å². The Balaban J connectivity index is 1.80. The van der Waals surface area contributed by atoms with E-state index in [2.05, 4.69) is 10.3 Å². The fourth-order valence-corrected chi connectivity index (χ4v) is 3.25. The van der Waals surface area contributed by atoms with E-state index in [0.717, 1.165) is 18.2 Å². The second-order valence-electron chi connectivity index (χ2n) is 6.09. The van der Waals surface area contributed by atoms with E-state index in [1.54, 1.807) is 20.0 Å². The number of nitrogens with one attached hydrogen (secondary N) is 1. The molecule has 0 atom stereocenters. The number of aryl methyl sites for hydroxylation is 1. The molecule has 0 spiro atoms. The summed E-state index contributed by atoms with van der Waals surface area (Å²) in [4.78, 5) is 15.1. The maximum Gasteiger partial charge on any atom is 0.278 e. The van der Waals surface area contributed by atoms with Crippen LogP contribution in [0.2, 0.25) is 0 Å². The molecular weight excluding hydrogens is 266 g/mol. The minimum atomic E-state index is -0.310. The fraction of sp³-hybridized carbons (Fsp3) is 0.688. The van der Waals surface area contributed by atoms with Crippen LogP contribution in [-0.2, 0) is 6.54 Å². The van der Waals surface area contributed by atoms with Crippen molar-refractivity contribution in [2.75, 3.05) is 6.54 Å². The number of pyridine rings is 1. The molecule has 0 radical (unpaired) electrons. The summed E-state index contributed by atoms with van der Waals surface area (Å²) in [6.07, 6.45) is 9.66. The molecule has 116 valence electrons. The molecule has 1 aromatic heterocycles. The summed E-state index contributed by atoms with van der Waals surface area (Å²) >= 11 is 0. The molecule has 0 aliphatic heterocycles. The van der Waals surface area contributed by atoms with Crippen LogP contribution >= 0.6 is 0 Å². The van der Waals surface area contributed by atoms with E-state index in [1.165, 1.54) is 38.5 Å². The number of nitrogens with zero attached hydrogens (tertiary/aromatic N) is 2. The topological polar surface area (TPSA) is 68.1 Å². The summed E-state index contributed by atoms with van der Waals surface area (Å²) < 4.78 is 0. The van der Waals surface area contributed by atoms with E-state index in [4.69, 9.17) is 0 Å². The van der Waals surface area contributed by atoms with Gasteiger partial charge in [-0.2, -0.15) is 0 Å². The van der Waals surface area contributed by atoms with Gasteiger partial charge in [0.25, 0.3) is 5.69 Å². The first-order valence-corrected chi connectivity index (χ1v) is 7.89. The summed E-state index contributed by atoms with van der Waals surface area (Å²) in [5, 5.41) is 14.4. The fourth-order valence-electron chi connectivity index (χ4n) is 3.25. The average molecular weight is 291 g/mol. The van der Waals surface area contributed by atoms with Crippen molar-refractivity contribution >= 4 is 5.69 Å². The van der Waals surface area contributed by atoms with Gasteiger partial charge in [0, 0.05) is 23.9 Å². The molecule has 1 heterocycles. The summed E-state index contributed by atoms with van der Waals surface area (Å²) in [5.74, 6) is 0.923. The largest absolute Gasteiger partial charge is 0.311 e. The molecule has 0 amide bonds. The summed E-state index contributed by atoms with van der Waals surface area (Å²) in [6, 6.07) is 0. The van der Waals surface area contributed by atoms with E-state index in [-0.39, 0.29) is 10.6 Å². The zero-order valence-electron chi connectivity index (χ0n) is 13.0. The minimum absolute atomic E-state index is 0.202. The third-order valence-electron chi connectivity index (χ3n) is 4.49. The highest BCUT2D eigenvalue weighted by Gasteiger charge is 2.18. The Morgan fingerprint density at radius 3 is 2.76 bits per heavy atom. The van der Waals surface area contributed by atoms with Crippen LogP contribution in [0.25, 0.3) is 0 Å². The standard InChI is InChI=1S/C16H25N3O2/c1-12-10-18-15(13(2)16(12)19(20)21)11-17-9-5-8-14-6-3-4-7-14/h10,14,17H,3-9,11H2,1-2H3. The predicted molar refractivity (Wildman–Crippen MR) is 83.3 cm³/mol. The van der Waals surface area contributed by atoms with Crippen molar-refractivity contribution in [2.45, 2.75) is 58.9 Å². The molecule has 1 aliphatic carbocycles. The molecule has 5 nitrogen and oxygen atoms in total. The van der Waals surface area contributed by atoms with Crippen molar-refractivity contribution in [3.05, 3.63) is 33.1 Å². The van der Waals surface area contributed by atoms with Crippen LogP contribution in [-0.4, -0.2) is 16.5 Å². The van der Waals surface area contributed by atoms with Gasteiger partial charge in [0.1, 0.15) is 0 Å². The Morgan fingerprint density at radius 2 is 2.10 bits per heavy atom. The van der Waals surface area contributed by atoms with Crippen LogP contribution < -0.4 is 5.32 Å². The third kappa shape index (κ3) is 4.24. The lowest BCUT2D eigenvalue weighted by Gasteiger charge is -2.10. The number of rotatable bonds is 7. The Labute approximate surface area is 126 Å². The lowest BCUT2D eigenvalue weighted by molar-refractivity contribution is -0.386. The number of nitro groups is 1. The molecule has 0 saturated heterocycles. The van der Waals surface area contributed by atoms with Crippen LogP contribution in [0.1, 0.15) is 55.3 Å². The zero-order valence-corrected chi connectivity index (χ0v) is 13.0. The first-order valence-electron chi connectivity index (χ1n) is 7.89. The quantitative estimate of drug-likeness (QED) is 0.473. The molecule has 1 fully saturated rings. The van der Waals surface area contributed by atoms with E-state index in [1.807, 2.05) is 0 Å². The molecule has 2 rings (SSSR count). The molecule has 21 heavy (non-hydrogen) atoms. The smallest absolute Gasteiger partial charge is 0.278 e. The van der Waals surface area contributed by atoms with Crippen molar-refractivity contribution in [1.29, 1.82) is 0 Å². The van der Waals surface area contributed by atoms with Crippen LogP contribution in [0.5, 0.6) is 0 Å². The van der Waals surface area contributed by atoms with Gasteiger partial charge in [-0.25, -0.2) is 0 Å². The number of hydrogen-bond acceptors (Lipinski definition) is 4. The zero-order chi connectivity index (χ0) is 15.2. The molecule has 5 heteroatoms. The van der Waals surface area contributed by atoms with Crippen LogP contribution in [0.4, 0.5) is 5.69 Å². The third-order valence-corrected chi connectivity index (χ3v) is 4.49. The van der Waals surface area contributed by atoms with Gasteiger partial charge in [-0.1, -0.05) is 25.7 Å². The maximum absolute atomic E-state index is 11.1. The molecule has 0 bridgehead atoms. The maximum atomic E-state index is 11.1. The Bertz CT molecular complexity index is 497. The SMILES string of the molecule is Cc1cnc(CNCCCC2CCCC2)c(C)c1[N+](=O)[O-]. The molecular formula is C16H25N3O2. The Hall–Kier alpha value is -1.49. The lowest BCUT2D eigenvalue weighted by atomic mass is 10.0. The van der Waals surface area contributed by atoms with Crippen molar-refractivity contribution < 1.29 is 4.92 Å². The molecule has 1 saturated carbocycles. The van der Waals surface area contributed by atoms with Gasteiger partial charge >= 0.3 is 0 Å². The van der Waals surface area contributed by atoms with Gasteiger partial charge in [0.05, 0.1) is 10.6 Å². The van der Waals surface area contributed by atoms with Crippen LogP contribution in [0, 0.1) is 29.9 Å². The highest BCUT2D eigenvalue weighted by Crippen LogP contribution is 2.28. The summed E-state index contributed by atoms with van der Waals surface area (Å²) in [5.41, 5.74) is 2.30. The van der Waals surface area contributed by atoms with Crippen LogP contribution in [0.15, 0.2) is 6.20 Å². The van der Waals surface area contributed by atoms with Gasteiger partial charge in [0.2, 0.25) is 0 Å². The van der Waals surface area contributed by atoms with Crippen molar-refractivity contribution in [3.8, 4) is 0 Å². The normalized spacial score (nSPS) is 15.5. The second kappa shape index (κ2) is 7.50. The Kier molecular flexibility index (Phi) is 5.67. The van der Waals surface area contributed by atoms with Gasteiger partial charge in [-0.05, 0) is 39.2 Å². The highest BCUT2D eigenvalue weighted by atomic mass is 16.6. The first-order chi connectivity index (χ1) is 10.1. The van der Waals surface area contributed by atoms with Gasteiger partial charge in [-0.15, -0.1) is 0 Å². The van der Waals surface area contributed by atoms with E-state index < -0.39 is 0 Å². The first kappa shape index (κ1) is 15.9. The Morgan fingerprint density at radius 1 is 1.38 bits per heavy atom. The molecule has 0 unspecified atom stereocenters. The van der Waals surface area contributed by atoms with E-state index >= 15 is 0 Å². The van der Waals surface area contributed by atoms with Gasteiger partial charge in [0.15, 0.2) is 0 Å². The summed E-state index contributed by atoms with van der Waals surface area (Å²) in [7, 11) is 0. The van der Waals surface area contributed by atoms with Crippen molar-refractivity contribution in [1.82, 2.24) is 10.3 Å². The monoisotopic (exact) mass is 291 g/mol. The average Bonchev–Trinajstić information content (AvgIpc) is 2.93. The number of hydrogen-bond donors (Lipinski definition) is 1. The lowest BCUT2D eigenvalue weighted by Crippen LogP contribution is -2.17. The molecule has 1 N–H and O–H groups in total. The predicted octanol–water partition coefficient (Wildman–Crippen LogP) is 3.67. The van der Waals surface area contributed by atoms with Gasteiger partial charge in [-0.3, -0.25) is 15.1 Å². The minimum Gasteiger partial charge on any atom is -0.311 e. The number of aromatic nitrogens is 1. The van der Waals surface area contributed by atoms with Crippen molar-refractivity contribution in [3.63, 3.8) is 0 Å². The highest BCUT2D eigenvalue weighted by molar-refractivity contribution is 5.47. The van der Waals surface area contributed by atoms with Crippen molar-refractivity contribution in [2.24, 2.45) is 5.92 Å². The summed E-state index contributed by atoms with van der Waals surface area (Å²) in [6.45, 7) is 5.08. The molecule has 0 aromatic carbocycles. The second-order valence-corrected chi connectivity index (χ2v) is 6.09. The van der Waals surface area contributed by atoms with Crippen LogP contribution in [0.3, 0.4) is 0 Å².